The highest BCUT2D eigenvalue weighted by atomic mass is 16.6. The van der Waals surface area contributed by atoms with Gasteiger partial charge in [0.05, 0.1) is 25.4 Å². The number of nitrogens with zero attached hydrogens (tertiary/aromatic N) is 2. The highest BCUT2D eigenvalue weighted by molar-refractivity contribution is 5.91. The maximum Gasteiger partial charge on any atom is 0.523 e. The summed E-state index contributed by atoms with van der Waals surface area (Å²) >= 11 is 0. The number of aromatic nitrogens is 1. The van der Waals surface area contributed by atoms with Crippen LogP contribution in [0.5, 0.6) is 11.5 Å². The van der Waals surface area contributed by atoms with E-state index in [0.29, 0.717) is 17.9 Å². The predicted molar refractivity (Wildman–Crippen MR) is 192 cm³/mol. The van der Waals surface area contributed by atoms with Gasteiger partial charge in [-0.15, -0.1) is 6.58 Å². The van der Waals surface area contributed by atoms with Gasteiger partial charge in [0, 0.05) is 35.1 Å². The molecule has 4 atom stereocenters. The normalized spacial score (nSPS) is 21.8. The largest absolute Gasteiger partial charge is 0.523 e. The highest BCUT2D eigenvalue weighted by Crippen LogP contribution is 2.39. The molecule has 256 valence electrons. The number of rotatable bonds is 14. The van der Waals surface area contributed by atoms with Gasteiger partial charge in [0.25, 0.3) is 0 Å². The van der Waals surface area contributed by atoms with Crippen LogP contribution >= 0.6 is 0 Å². The van der Waals surface area contributed by atoms with Crippen LogP contribution in [-0.2, 0) is 9.53 Å². The maximum absolute atomic E-state index is 14.9. The van der Waals surface area contributed by atoms with E-state index in [-0.39, 0.29) is 28.9 Å². The second-order valence-corrected chi connectivity index (χ2v) is 13.3. The van der Waals surface area contributed by atoms with Gasteiger partial charge in [0.2, 0.25) is 0 Å². The first-order valence-electron chi connectivity index (χ1n) is 17.6. The van der Waals surface area contributed by atoms with Crippen LogP contribution < -0.4 is 14.8 Å². The molecular formula is C40H52N3O5+. The van der Waals surface area contributed by atoms with Gasteiger partial charge >= 0.3 is 12.0 Å². The monoisotopic (exact) mass is 654 g/mol. The van der Waals surface area contributed by atoms with E-state index in [1.54, 1.807) is 13.2 Å². The van der Waals surface area contributed by atoms with E-state index in [4.69, 9.17) is 19.2 Å². The molecule has 48 heavy (non-hydrogen) atoms. The zero-order chi connectivity index (χ0) is 34.1. The van der Waals surface area contributed by atoms with Crippen LogP contribution in [0.2, 0.25) is 0 Å². The third-order valence-corrected chi connectivity index (χ3v) is 10.3. The number of methoxy groups -OCH3 is 2. The topological polar surface area (TPSA) is 86.8 Å². The van der Waals surface area contributed by atoms with Crippen molar-refractivity contribution in [2.45, 2.75) is 89.3 Å². The van der Waals surface area contributed by atoms with E-state index in [1.807, 2.05) is 61.5 Å². The molecule has 1 aliphatic heterocycles. The standard InChI is InChI=1S/C40H52N3O5/c1-6-8-9-10-17-22-41-38(31-20-15-12-16-21-31)39(44)43(40(45)47-5)27-32(23-28(43)3)48-37-25-34(30-18-13-11-14-19-30)42-35-26-36(46-4)29(7-2)24-33(35)37/h6-7,11,13-14,18-19,24-26,28,31-32,38,41H,1-2,8-10,12,15-17,20-23,27H2,3-5H3/q+1/t28-,32-,38+,43?/m1/s1. The van der Waals surface area contributed by atoms with Crippen molar-refractivity contribution in [3.63, 3.8) is 0 Å². The Labute approximate surface area is 285 Å². The number of carbonyl (C=O) groups is 2. The molecule has 0 bridgehead atoms. The fraction of sp³-hybridized carbons (Fsp3) is 0.475. The van der Waals surface area contributed by atoms with Crippen LogP contribution in [0.1, 0.15) is 76.7 Å². The lowest BCUT2D eigenvalue weighted by Crippen LogP contribution is -2.66. The SMILES string of the molecule is C=CCCCCCN[C@H](C(=O)[N+]1(C(=O)OC)C[C@H](Oc2cc(-c3ccccc3)nc3cc(OC)c(C=C)cc23)C[C@H]1C)C1CCCCC1. The molecular weight excluding hydrogens is 602 g/mol. The van der Waals surface area contributed by atoms with Crippen LogP contribution in [0.25, 0.3) is 28.2 Å². The van der Waals surface area contributed by atoms with Crippen molar-refractivity contribution in [1.29, 1.82) is 0 Å². The molecule has 2 fully saturated rings. The molecule has 0 radical (unpaired) electrons. The Morgan fingerprint density at radius 1 is 1.02 bits per heavy atom. The quantitative estimate of drug-likeness (QED) is 0.106. The second-order valence-electron chi connectivity index (χ2n) is 13.3. The number of hydrogen-bond acceptors (Lipinski definition) is 7. The number of nitrogens with one attached hydrogen (secondary N) is 1. The van der Waals surface area contributed by atoms with E-state index in [1.165, 1.54) is 13.5 Å². The third-order valence-electron chi connectivity index (χ3n) is 10.3. The van der Waals surface area contributed by atoms with Gasteiger partial charge < -0.3 is 19.5 Å². The van der Waals surface area contributed by atoms with Gasteiger partial charge in [0.15, 0.2) is 6.10 Å². The average Bonchev–Trinajstić information content (AvgIpc) is 3.46. The number of allylic oxidation sites excluding steroid dienone is 1. The minimum Gasteiger partial charge on any atom is -0.496 e. The number of hydrogen-bond donors (Lipinski definition) is 1. The Bertz CT molecular complexity index is 1580. The van der Waals surface area contributed by atoms with E-state index < -0.39 is 18.2 Å². The summed E-state index contributed by atoms with van der Waals surface area (Å²) in [6.45, 7) is 10.7. The molecule has 1 N–H and O–H groups in total. The molecule has 1 saturated heterocycles. The van der Waals surface area contributed by atoms with Crippen LogP contribution in [0.15, 0.2) is 67.8 Å². The molecule has 2 amide bonds. The van der Waals surface area contributed by atoms with E-state index in [9.17, 15) is 9.59 Å². The molecule has 2 heterocycles. The Kier molecular flexibility index (Phi) is 12.1. The van der Waals surface area contributed by atoms with E-state index in [0.717, 1.165) is 85.6 Å². The minimum atomic E-state index is -0.518. The molecule has 1 aromatic heterocycles. The van der Waals surface area contributed by atoms with E-state index >= 15 is 0 Å². The summed E-state index contributed by atoms with van der Waals surface area (Å²) in [5, 5.41) is 4.45. The van der Waals surface area contributed by atoms with Crippen LogP contribution in [0.3, 0.4) is 0 Å². The average molecular weight is 655 g/mol. The predicted octanol–water partition coefficient (Wildman–Crippen LogP) is 8.49. The molecule has 8 heteroatoms. The fourth-order valence-corrected chi connectivity index (χ4v) is 7.67. The molecule has 5 rings (SSSR count). The summed E-state index contributed by atoms with van der Waals surface area (Å²) in [5.41, 5.74) is 3.26. The lowest BCUT2D eigenvalue weighted by Gasteiger charge is -2.37. The van der Waals surface area contributed by atoms with Gasteiger partial charge in [-0.1, -0.05) is 74.7 Å². The lowest BCUT2D eigenvalue weighted by molar-refractivity contribution is -0.794. The number of quaternary nitrogens is 1. The fourth-order valence-electron chi connectivity index (χ4n) is 7.67. The zero-order valence-corrected chi connectivity index (χ0v) is 28.9. The first-order chi connectivity index (χ1) is 23.4. The summed E-state index contributed by atoms with van der Waals surface area (Å²) in [7, 11) is 3.01. The molecule has 2 aliphatic rings. The van der Waals surface area contributed by atoms with Crippen molar-refractivity contribution >= 4 is 29.0 Å². The molecule has 1 aliphatic carbocycles. The highest BCUT2D eigenvalue weighted by Gasteiger charge is 2.60. The first-order valence-corrected chi connectivity index (χ1v) is 17.6. The van der Waals surface area contributed by atoms with Crippen LogP contribution in [-0.4, -0.2) is 67.0 Å². The van der Waals surface area contributed by atoms with Gasteiger partial charge in [-0.25, -0.2) is 9.78 Å². The Balaban J connectivity index is 1.48. The lowest BCUT2D eigenvalue weighted by atomic mass is 9.82. The first kappa shape index (κ1) is 35.3. The Hall–Kier alpha value is -4.01. The maximum atomic E-state index is 14.9. The molecule has 1 saturated carbocycles. The van der Waals surface area contributed by atoms with Gasteiger partial charge in [-0.3, -0.25) is 0 Å². The van der Waals surface area contributed by atoms with Gasteiger partial charge in [0.1, 0.15) is 30.1 Å². The van der Waals surface area contributed by atoms with Gasteiger partial charge in [-0.05, 0) is 57.6 Å². The Morgan fingerprint density at radius 3 is 2.48 bits per heavy atom. The van der Waals surface area contributed by atoms with Crippen molar-refractivity contribution in [2.75, 3.05) is 27.3 Å². The summed E-state index contributed by atoms with van der Waals surface area (Å²) in [5.74, 6) is 1.41. The number of unbranched alkanes of at least 4 members (excludes halogenated alkanes) is 3. The summed E-state index contributed by atoms with van der Waals surface area (Å²) in [6, 6.07) is 15.1. The number of imide groups is 1. The molecule has 0 spiro atoms. The number of pyridine rings is 1. The van der Waals surface area contributed by atoms with Crippen molar-refractivity contribution in [1.82, 2.24) is 10.3 Å². The number of amides is 2. The number of carbonyl (C=O) groups excluding carboxylic acids is 2. The summed E-state index contributed by atoms with van der Waals surface area (Å²) in [4.78, 5) is 33.6. The summed E-state index contributed by atoms with van der Waals surface area (Å²) in [6.07, 6.45) is 12.8. The molecule has 2 aromatic carbocycles. The van der Waals surface area contributed by atoms with E-state index in [2.05, 4.69) is 18.5 Å². The third kappa shape index (κ3) is 7.50. The number of fused-ring (bicyclic) bond motifs is 1. The van der Waals surface area contributed by atoms with Crippen molar-refractivity contribution < 1.29 is 28.3 Å². The number of likely N-dealkylation sites (tertiary alicyclic amines) is 1. The molecule has 8 nitrogen and oxygen atoms in total. The molecule has 1 unspecified atom stereocenters. The smallest absolute Gasteiger partial charge is 0.496 e. The van der Waals surface area contributed by atoms with Crippen molar-refractivity contribution in [3.05, 3.63) is 73.3 Å². The minimum absolute atomic E-state index is 0.0957. The second kappa shape index (κ2) is 16.4. The zero-order valence-electron chi connectivity index (χ0n) is 28.9. The summed E-state index contributed by atoms with van der Waals surface area (Å²) < 4.78 is 17.5. The number of ether oxygens (including phenoxy) is 3. The van der Waals surface area contributed by atoms with Crippen molar-refractivity contribution in [2.24, 2.45) is 5.92 Å². The number of benzene rings is 2. The molecule has 3 aromatic rings. The van der Waals surface area contributed by atoms with Crippen LogP contribution in [0.4, 0.5) is 4.79 Å². The van der Waals surface area contributed by atoms with Crippen LogP contribution in [0, 0.1) is 5.92 Å². The van der Waals surface area contributed by atoms with Crippen molar-refractivity contribution in [3.8, 4) is 22.8 Å². The van der Waals surface area contributed by atoms with Gasteiger partial charge in [-0.2, -0.15) is 9.28 Å². The Morgan fingerprint density at radius 2 is 1.79 bits per heavy atom.